The molecule has 9 heteroatoms. The van der Waals surface area contributed by atoms with Gasteiger partial charge in [-0.2, -0.15) is 0 Å². The van der Waals surface area contributed by atoms with Crippen LogP contribution >= 0.6 is 0 Å². The van der Waals surface area contributed by atoms with Crippen LogP contribution in [0.3, 0.4) is 0 Å². The summed E-state index contributed by atoms with van der Waals surface area (Å²) >= 11 is 0. The Labute approximate surface area is 224 Å². The molecule has 0 aromatic carbocycles. The molecule has 0 bridgehead atoms. The Balaban J connectivity index is 5.14. The lowest BCUT2D eigenvalue weighted by Crippen LogP contribution is -2.42. The van der Waals surface area contributed by atoms with Crippen molar-refractivity contribution in [2.75, 3.05) is 92.5 Å². The van der Waals surface area contributed by atoms with Gasteiger partial charge in [0.2, 0.25) is 0 Å². The van der Waals surface area contributed by atoms with Crippen LogP contribution in [0.2, 0.25) is 0 Å². The van der Waals surface area contributed by atoms with E-state index in [-0.39, 0.29) is 10.8 Å². The topological polar surface area (TPSA) is 83.1 Å². The molecule has 0 radical (unpaired) electrons. The first-order valence-corrected chi connectivity index (χ1v) is 12.9. The minimum Gasteiger partial charge on any atom is -0.499 e. The highest BCUT2D eigenvalue weighted by Crippen LogP contribution is 2.28. The lowest BCUT2D eigenvalue weighted by Gasteiger charge is -2.36. The predicted molar refractivity (Wildman–Crippen MR) is 144 cm³/mol. The number of hydrogen-bond acceptors (Lipinski definition) is 9. The largest absolute Gasteiger partial charge is 0.499 e. The highest BCUT2D eigenvalue weighted by Gasteiger charge is 2.34. The third-order valence-corrected chi connectivity index (χ3v) is 5.80. The molecule has 0 aliphatic heterocycles. The van der Waals surface area contributed by atoms with Crippen molar-refractivity contribution in [2.45, 2.75) is 26.7 Å². The Bertz CT molecular complexity index is 484. The van der Waals surface area contributed by atoms with Crippen LogP contribution in [0.15, 0.2) is 51.4 Å². The van der Waals surface area contributed by atoms with Gasteiger partial charge in [0, 0.05) is 10.8 Å². The summed E-state index contributed by atoms with van der Waals surface area (Å²) in [7, 11) is 0. The smallest absolute Gasteiger partial charge is 0.111 e. The van der Waals surface area contributed by atoms with E-state index in [9.17, 15) is 0 Å². The van der Waals surface area contributed by atoms with Crippen LogP contribution in [0.1, 0.15) is 26.7 Å². The van der Waals surface area contributed by atoms with Crippen molar-refractivity contribution in [1.82, 2.24) is 0 Å². The van der Waals surface area contributed by atoms with Crippen molar-refractivity contribution >= 4 is 0 Å². The zero-order valence-electron chi connectivity index (χ0n) is 23.1. The van der Waals surface area contributed by atoms with E-state index in [0.29, 0.717) is 92.5 Å². The molecule has 0 aliphatic carbocycles. The molecule has 0 spiro atoms. The van der Waals surface area contributed by atoms with E-state index >= 15 is 0 Å². The van der Waals surface area contributed by atoms with Crippen molar-refractivity contribution in [3.63, 3.8) is 0 Å². The molecular formula is C28H50O9. The van der Waals surface area contributed by atoms with E-state index in [1.807, 2.05) is 0 Å². The molecule has 0 rings (SSSR count). The van der Waals surface area contributed by atoms with Gasteiger partial charge < -0.3 is 42.6 Å². The second kappa shape index (κ2) is 24.3. The maximum Gasteiger partial charge on any atom is 0.111 e. The molecule has 0 heterocycles. The summed E-state index contributed by atoms with van der Waals surface area (Å²) in [5.41, 5.74) is -0.668. The van der Waals surface area contributed by atoms with Gasteiger partial charge in [0.1, 0.15) is 26.4 Å². The Morgan fingerprint density at radius 1 is 0.405 bits per heavy atom. The second-order valence-electron chi connectivity index (χ2n) is 8.56. The highest BCUT2D eigenvalue weighted by atomic mass is 16.5. The van der Waals surface area contributed by atoms with Crippen molar-refractivity contribution in [3.8, 4) is 0 Å². The Hall–Kier alpha value is -2.04. The van der Waals surface area contributed by atoms with Crippen molar-refractivity contribution in [2.24, 2.45) is 10.8 Å². The van der Waals surface area contributed by atoms with Gasteiger partial charge in [-0.25, -0.2) is 0 Å². The van der Waals surface area contributed by atoms with E-state index in [1.54, 1.807) is 0 Å². The molecule has 0 saturated heterocycles. The van der Waals surface area contributed by atoms with Crippen LogP contribution in [0.5, 0.6) is 0 Å². The third kappa shape index (κ3) is 18.0. The van der Waals surface area contributed by atoms with Gasteiger partial charge in [-0.3, -0.25) is 0 Å². The van der Waals surface area contributed by atoms with Gasteiger partial charge in [-0.1, -0.05) is 40.2 Å². The maximum atomic E-state index is 6.35. The fourth-order valence-electron chi connectivity index (χ4n) is 3.26. The molecule has 0 aliphatic rings. The fraction of sp³-hybridized carbons (Fsp3) is 0.714. The van der Waals surface area contributed by atoms with Gasteiger partial charge in [-0.15, -0.1) is 0 Å². The summed E-state index contributed by atoms with van der Waals surface area (Å²) < 4.78 is 50.7. The van der Waals surface area contributed by atoms with Crippen LogP contribution in [0.4, 0.5) is 0 Å². The molecule has 0 N–H and O–H groups in total. The highest BCUT2D eigenvalue weighted by molar-refractivity contribution is 4.81. The molecule has 0 atom stereocenters. The summed E-state index contributed by atoms with van der Waals surface area (Å²) in [6, 6.07) is 0. The minimum absolute atomic E-state index is 0.334. The molecule has 0 amide bonds. The van der Waals surface area contributed by atoms with Crippen LogP contribution < -0.4 is 0 Å². The van der Waals surface area contributed by atoms with Gasteiger partial charge in [0.05, 0.1) is 91.1 Å². The zero-order valence-corrected chi connectivity index (χ0v) is 23.1. The molecule has 9 nitrogen and oxygen atoms in total. The summed E-state index contributed by atoms with van der Waals surface area (Å²) in [5, 5.41) is 0. The molecule has 0 aromatic heterocycles. The van der Waals surface area contributed by atoms with Crippen LogP contribution in [0.25, 0.3) is 0 Å². The van der Waals surface area contributed by atoms with Gasteiger partial charge >= 0.3 is 0 Å². The monoisotopic (exact) mass is 530 g/mol. The first-order valence-electron chi connectivity index (χ1n) is 12.9. The molecule has 37 heavy (non-hydrogen) atoms. The van der Waals surface area contributed by atoms with Crippen LogP contribution in [0, 0.1) is 10.8 Å². The fourth-order valence-corrected chi connectivity index (χ4v) is 3.26. The summed E-state index contributed by atoms with van der Waals surface area (Å²) in [4.78, 5) is 0. The van der Waals surface area contributed by atoms with Crippen LogP contribution in [-0.2, 0) is 42.6 Å². The lowest BCUT2D eigenvalue weighted by atomic mass is 9.86. The summed E-state index contributed by atoms with van der Waals surface area (Å²) in [5.74, 6) is 0. The number of hydrogen-bond donors (Lipinski definition) is 0. The summed E-state index contributed by atoms with van der Waals surface area (Å²) in [6.45, 7) is 24.8. The van der Waals surface area contributed by atoms with Crippen molar-refractivity contribution in [1.29, 1.82) is 0 Å². The Kier molecular flexibility index (Phi) is 23.0. The normalized spacial score (nSPS) is 11.5. The third-order valence-electron chi connectivity index (χ3n) is 5.80. The van der Waals surface area contributed by atoms with E-state index in [0.717, 1.165) is 12.8 Å². The zero-order chi connectivity index (χ0) is 27.5. The van der Waals surface area contributed by atoms with Gasteiger partial charge in [-0.05, 0) is 12.8 Å². The van der Waals surface area contributed by atoms with Gasteiger partial charge in [0.25, 0.3) is 0 Å². The SMILES string of the molecule is C=COCCOCC(CC)(COCCOC=C)COCC(CC)(COCCOC=C)COCCOC=C. The average Bonchev–Trinajstić information content (AvgIpc) is 2.91. The lowest BCUT2D eigenvalue weighted by molar-refractivity contribution is -0.116. The van der Waals surface area contributed by atoms with Crippen molar-refractivity contribution < 1.29 is 42.6 Å². The molecule has 0 saturated carbocycles. The standard InChI is InChI=1S/C28H50O9/c1-7-27(21-33-17-13-29-9-3,22-34-18-14-30-10-4)25-37-26-28(8-2,23-35-19-15-31-11-5)24-36-20-16-32-12-6/h9-12H,3-8,13-26H2,1-2H3. The quantitative estimate of drug-likeness (QED) is 0.0984. The molecule has 216 valence electrons. The second-order valence-corrected chi connectivity index (χ2v) is 8.56. The van der Waals surface area contributed by atoms with E-state index in [4.69, 9.17) is 42.6 Å². The van der Waals surface area contributed by atoms with Crippen molar-refractivity contribution in [3.05, 3.63) is 51.4 Å². The first-order chi connectivity index (χ1) is 18.1. The van der Waals surface area contributed by atoms with Crippen LogP contribution in [-0.4, -0.2) is 92.5 Å². The number of ether oxygens (including phenoxy) is 9. The Morgan fingerprint density at radius 2 is 0.649 bits per heavy atom. The van der Waals surface area contributed by atoms with E-state index < -0.39 is 0 Å². The molecule has 0 fully saturated rings. The minimum atomic E-state index is -0.334. The number of rotatable bonds is 30. The van der Waals surface area contributed by atoms with E-state index in [1.165, 1.54) is 25.0 Å². The molecule has 0 aromatic rings. The maximum absolute atomic E-state index is 6.35. The predicted octanol–water partition coefficient (Wildman–Crippen LogP) is 4.50. The summed E-state index contributed by atoms with van der Waals surface area (Å²) in [6.07, 6.45) is 7.24. The average molecular weight is 531 g/mol. The molecule has 0 unspecified atom stereocenters. The van der Waals surface area contributed by atoms with Gasteiger partial charge in [0.15, 0.2) is 0 Å². The first kappa shape index (κ1) is 35.0. The van der Waals surface area contributed by atoms with E-state index in [2.05, 4.69) is 40.2 Å². The Morgan fingerprint density at radius 3 is 0.865 bits per heavy atom. The molecular weight excluding hydrogens is 480 g/mol.